The van der Waals surface area contributed by atoms with E-state index < -0.39 is 32.1 Å². The predicted octanol–water partition coefficient (Wildman–Crippen LogP) is -0.168. The maximum Gasteiger partial charge on any atom is 0.322 e. The maximum absolute atomic E-state index is 12.5. The van der Waals surface area contributed by atoms with E-state index in [4.69, 9.17) is 5.11 Å². The summed E-state index contributed by atoms with van der Waals surface area (Å²) in [5.74, 6) is -1.18. The molecule has 1 fully saturated rings. The van der Waals surface area contributed by atoms with Gasteiger partial charge in [0.2, 0.25) is 20.0 Å². The zero-order valence-corrected chi connectivity index (χ0v) is 13.4. The number of hydrogen-bond donors (Lipinski definition) is 2. The summed E-state index contributed by atoms with van der Waals surface area (Å²) >= 11 is 0. The van der Waals surface area contributed by atoms with Gasteiger partial charge >= 0.3 is 5.97 Å². The monoisotopic (exact) mass is 348 g/mol. The van der Waals surface area contributed by atoms with Crippen LogP contribution in [0.5, 0.6) is 0 Å². The summed E-state index contributed by atoms with van der Waals surface area (Å²) in [5.41, 5.74) is 0. The molecule has 0 radical (unpaired) electrons. The van der Waals surface area contributed by atoms with E-state index in [0.29, 0.717) is 6.42 Å². The average Bonchev–Trinajstić information content (AvgIpc) is 2.98. The van der Waals surface area contributed by atoms with Gasteiger partial charge in [-0.25, -0.2) is 21.6 Å². The number of sulfonamides is 2. The minimum absolute atomic E-state index is 0.0647. The highest BCUT2D eigenvalue weighted by atomic mass is 32.2. The molecule has 1 atom stereocenters. The molecule has 22 heavy (non-hydrogen) atoms. The summed E-state index contributed by atoms with van der Waals surface area (Å²) in [5, 5.41) is 9.08. The van der Waals surface area contributed by atoms with Crippen LogP contribution in [0.3, 0.4) is 0 Å². The molecule has 1 aromatic carbocycles. The van der Waals surface area contributed by atoms with Crippen molar-refractivity contribution in [1.82, 2.24) is 9.03 Å². The minimum atomic E-state index is -3.96. The molecule has 1 aliphatic heterocycles. The first kappa shape index (κ1) is 16.9. The molecule has 0 spiro atoms. The van der Waals surface area contributed by atoms with Crippen molar-refractivity contribution < 1.29 is 26.7 Å². The maximum atomic E-state index is 12.5. The molecule has 0 amide bonds. The average molecular weight is 348 g/mol. The normalized spacial score (nSPS) is 20.1. The third-order valence-electron chi connectivity index (χ3n) is 3.50. The summed E-state index contributed by atoms with van der Waals surface area (Å²) in [4.78, 5) is 10.9. The molecule has 1 aliphatic rings. The molecule has 0 aliphatic carbocycles. The van der Waals surface area contributed by atoms with Gasteiger partial charge in [0, 0.05) is 6.54 Å². The van der Waals surface area contributed by atoms with Crippen molar-refractivity contribution in [3.05, 3.63) is 24.3 Å². The summed E-state index contributed by atoms with van der Waals surface area (Å²) in [6, 6.07) is 3.59. The van der Waals surface area contributed by atoms with Crippen LogP contribution in [-0.2, 0) is 24.8 Å². The lowest BCUT2D eigenvalue weighted by molar-refractivity contribution is -0.140. The lowest BCUT2D eigenvalue weighted by atomic mass is 10.2. The molecule has 0 aromatic heterocycles. The number of carboxylic acid groups (broad SMARTS) is 1. The Morgan fingerprint density at radius 3 is 2.23 bits per heavy atom. The molecule has 1 saturated heterocycles. The summed E-state index contributed by atoms with van der Waals surface area (Å²) in [6.45, 7) is 0.135. The van der Waals surface area contributed by atoms with Crippen molar-refractivity contribution >= 4 is 26.0 Å². The van der Waals surface area contributed by atoms with Gasteiger partial charge in [0.1, 0.15) is 6.04 Å². The van der Waals surface area contributed by atoms with E-state index in [-0.39, 0.29) is 22.8 Å². The molecule has 0 saturated carbocycles. The highest BCUT2D eigenvalue weighted by Gasteiger charge is 2.39. The molecule has 1 aromatic rings. The van der Waals surface area contributed by atoms with Crippen LogP contribution in [0.25, 0.3) is 0 Å². The van der Waals surface area contributed by atoms with Crippen LogP contribution >= 0.6 is 0 Å². The van der Waals surface area contributed by atoms with E-state index in [1.165, 1.54) is 19.2 Å². The Morgan fingerprint density at radius 1 is 1.18 bits per heavy atom. The zero-order valence-electron chi connectivity index (χ0n) is 11.8. The van der Waals surface area contributed by atoms with Crippen LogP contribution in [0, 0.1) is 0 Å². The lowest BCUT2D eigenvalue weighted by Crippen LogP contribution is -2.40. The van der Waals surface area contributed by atoms with Crippen LogP contribution in [0.1, 0.15) is 12.8 Å². The van der Waals surface area contributed by atoms with Crippen molar-refractivity contribution in [2.45, 2.75) is 28.7 Å². The Balaban J connectivity index is 2.37. The second-order valence-electron chi connectivity index (χ2n) is 4.79. The van der Waals surface area contributed by atoms with E-state index in [9.17, 15) is 21.6 Å². The zero-order chi connectivity index (χ0) is 16.5. The summed E-state index contributed by atoms with van der Waals surface area (Å²) < 4.78 is 51.2. The third-order valence-corrected chi connectivity index (χ3v) is 6.85. The first-order valence-corrected chi connectivity index (χ1v) is 9.41. The van der Waals surface area contributed by atoms with Crippen LogP contribution < -0.4 is 4.72 Å². The van der Waals surface area contributed by atoms with Crippen LogP contribution in [0.15, 0.2) is 34.1 Å². The molecule has 8 nitrogen and oxygen atoms in total. The topological polar surface area (TPSA) is 121 Å². The molecule has 2 N–H and O–H groups in total. The Morgan fingerprint density at radius 2 is 1.73 bits per heavy atom. The van der Waals surface area contributed by atoms with Gasteiger partial charge in [0.25, 0.3) is 0 Å². The largest absolute Gasteiger partial charge is 0.480 e. The van der Waals surface area contributed by atoms with Crippen molar-refractivity contribution in [3.63, 3.8) is 0 Å². The minimum Gasteiger partial charge on any atom is -0.480 e. The number of rotatable bonds is 5. The standard InChI is InChI=1S/C12H16N2O6S2/c1-13-21(17,18)9-4-6-10(7-5-9)22(19,20)14-8-2-3-11(14)12(15)16/h4-7,11,13H,2-3,8H2,1H3,(H,15,16). The number of carbonyl (C=O) groups is 1. The second-order valence-corrected chi connectivity index (χ2v) is 8.57. The van der Waals surface area contributed by atoms with E-state index in [2.05, 4.69) is 4.72 Å². The summed E-state index contributed by atoms with van der Waals surface area (Å²) in [6.07, 6.45) is 0.739. The quantitative estimate of drug-likeness (QED) is 0.762. The number of aliphatic carboxylic acids is 1. The number of nitrogens with one attached hydrogen (secondary N) is 1. The Bertz CT molecular complexity index is 770. The smallest absolute Gasteiger partial charge is 0.322 e. The molecule has 1 heterocycles. The van der Waals surface area contributed by atoms with Crippen molar-refractivity contribution in [2.24, 2.45) is 0 Å². The molecule has 1 unspecified atom stereocenters. The summed E-state index contributed by atoms with van der Waals surface area (Å²) in [7, 11) is -6.37. The molecular formula is C12H16N2O6S2. The van der Waals surface area contributed by atoms with Crippen LogP contribution in [-0.4, -0.2) is 51.9 Å². The van der Waals surface area contributed by atoms with Gasteiger partial charge in [-0.2, -0.15) is 4.31 Å². The van der Waals surface area contributed by atoms with Gasteiger partial charge in [-0.15, -0.1) is 0 Å². The van der Waals surface area contributed by atoms with E-state index in [0.717, 1.165) is 16.4 Å². The van der Waals surface area contributed by atoms with Crippen molar-refractivity contribution in [1.29, 1.82) is 0 Å². The van der Waals surface area contributed by atoms with Gasteiger partial charge in [0.15, 0.2) is 0 Å². The predicted molar refractivity (Wildman–Crippen MR) is 77.2 cm³/mol. The Labute approximate surface area is 128 Å². The van der Waals surface area contributed by atoms with E-state index >= 15 is 0 Å². The fourth-order valence-corrected chi connectivity index (χ4v) is 4.70. The van der Waals surface area contributed by atoms with Gasteiger partial charge in [-0.3, -0.25) is 4.79 Å². The Hall–Kier alpha value is -1.49. The molecule has 2 rings (SSSR count). The van der Waals surface area contributed by atoms with E-state index in [1.807, 2.05) is 0 Å². The molecular weight excluding hydrogens is 332 g/mol. The molecule has 0 bridgehead atoms. The number of carboxylic acids is 1. The number of nitrogens with zero attached hydrogens (tertiary/aromatic N) is 1. The Kier molecular flexibility index (Phi) is 4.57. The third kappa shape index (κ3) is 3.00. The fraction of sp³-hybridized carbons (Fsp3) is 0.417. The second kappa shape index (κ2) is 5.95. The van der Waals surface area contributed by atoms with Crippen LogP contribution in [0.2, 0.25) is 0 Å². The lowest BCUT2D eigenvalue weighted by Gasteiger charge is -2.21. The molecule has 10 heteroatoms. The van der Waals surface area contributed by atoms with Crippen molar-refractivity contribution in [3.8, 4) is 0 Å². The van der Waals surface area contributed by atoms with E-state index in [1.54, 1.807) is 0 Å². The first-order chi connectivity index (χ1) is 10.2. The SMILES string of the molecule is CNS(=O)(=O)c1ccc(S(=O)(=O)N2CCCC2C(=O)O)cc1. The van der Waals surface area contributed by atoms with Crippen LogP contribution in [0.4, 0.5) is 0 Å². The molecule has 122 valence electrons. The first-order valence-electron chi connectivity index (χ1n) is 6.48. The number of benzene rings is 1. The van der Waals surface area contributed by atoms with Gasteiger partial charge in [-0.1, -0.05) is 0 Å². The van der Waals surface area contributed by atoms with Crippen molar-refractivity contribution in [2.75, 3.05) is 13.6 Å². The highest BCUT2D eigenvalue weighted by Crippen LogP contribution is 2.26. The highest BCUT2D eigenvalue weighted by molar-refractivity contribution is 7.89. The van der Waals surface area contributed by atoms with Gasteiger partial charge in [-0.05, 0) is 44.2 Å². The van der Waals surface area contributed by atoms with Gasteiger partial charge in [0.05, 0.1) is 9.79 Å². The number of hydrogen-bond acceptors (Lipinski definition) is 5. The van der Waals surface area contributed by atoms with Gasteiger partial charge < -0.3 is 5.11 Å². The fourth-order valence-electron chi connectivity index (χ4n) is 2.32.